The van der Waals surface area contributed by atoms with Crippen LogP contribution in [0.4, 0.5) is 0 Å². The molecular formula is C25H27N3OS. The third-order valence-corrected chi connectivity index (χ3v) is 5.26. The van der Waals surface area contributed by atoms with Crippen LogP contribution in [0.1, 0.15) is 36.5 Å². The van der Waals surface area contributed by atoms with Crippen molar-refractivity contribution in [1.29, 1.82) is 0 Å². The molecule has 0 saturated carbocycles. The van der Waals surface area contributed by atoms with Gasteiger partial charge < -0.3 is 4.74 Å². The minimum atomic E-state index is 0.540. The van der Waals surface area contributed by atoms with Crippen LogP contribution >= 0.6 is 11.3 Å². The van der Waals surface area contributed by atoms with E-state index >= 15 is 0 Å². The molecule has 0 bridgehead atoms. The van der Waals surface area contributed by atoms with Crippen molar-refractivity contribution in [3.05, 3.63) is 76.3 Å². The maximum Gasteiger partial charge on any atom is 0.240 e. The summed E-state index contributed by atoms with van der Waals surface area (Å²) >= 11 is 1.70. The van der Waals surface area contributed by atoms with E-state index in [2.05, 4.69) is 39.6 Å². The summed E-state index contributed by atoms with van der Waals surface area (Å²) in [6.07, 6.45) is 6.26. The van der Waals surface area contributed by atoms with E-state index in [1.54, 1.807) is 18.4 Å². The van der Waals surface area contributed by atoms with Gasteiger partial charge >= 0.3 is 0 Å². The van der Waals surface area contributed by atoms with Gasteiger partial charge in [-0.25, -0.2) is 15.0 Å². The molecule has 2 aromatic carbocycles. The van der Waals surface area contributed by atoms with Gasteiger partial charge in [-0.05, 0) is 43.5 Å². The molecule has 0 spiro atoms. The van der Waals surface area contributed by atoms with Crippen LogP contribution in [0.5, 0.6) is 5.88 Å². The minimum absolute atomic E-state index is 0.540. The minimum Gasteiger partial charge on any atom is -0.479 e. The van der Waals surface area contributed by atoms with Crippen molar-refractivity contribution < 1.29 is 4.74 Å². The molecule has 0 radical (unpaired) electrons. The first-order chi connectivity index (χ1) is 14.7. The molecule has 30 heavy (non-hydrogen) atoms. The fourth-order valence-electron chi connectivity index (χ4n) is 3.08. The lowest BCUT2D eigenvalue weighted by Crippen LogP contribution is -1.96. The van der Waals surface area contributed by atoms with Gasteiger partial charge in [-0.3, -0.25) is 0 Å². The number of benzene rings is 2. The number of para-hydroxylation sites is 2. The van der Waals surface area contributed by atoms with E-state index < -0.39 is 0 Å². The second-order valence-corrected chi connectivity index (χ2v) is 7.56. The molecule has 5 heteroatoms. The highest BCUT2D eigenvalue weighted by Crippen LogP contribution is 2.29. The van der Waals surface area contributed by atoms with Crippen LogP contribution in [-0.4, -0.2) is 22.1 Å². The molecule has 154 valence electrons. The number of ether oxygens (including phenoxy) is 1. The van der Waals surface area contributed by atoms with Gasteiger partial charge in [-0.15, -0.1) is 11.3 Å². The third-order valence-electron chi connectivity index (χ3n) is 4.44. The molecular weight excluding hydrogens is 390 g/mol. The quantitative estimate of drug-likeness (QED) is 0.348. The Morgan fingerprint density at radius 2 is 1.73 bits per heavy atom. The number of aromatic nitrogens is 3. The van der Waals surface area contributed by atoms with E-state index in [1.165, 1.54) is 0 Å². The molecule has 0 atom stereocenters. The van der Waals surface area contributed by atoms with Crippen molar-refractivity contribution in [2.75, 3.05) is 7.11 Å². The summed E-state index contributed by atoms with van der Waals surface area (Å²) in [5.41, 5.74) is 5.73. The van der Waals surface area contributed by atoms with E-state index in [9.17, 15) is 0 Å². The number of thiazole rings is 1. The van der Waals surface area contributed by atoms with Gasteiger partial charge in [-0.2, -0.15) is 0 Å². The SMILES string of the molecule is CC.COc1nc2ccccc2nc1-c1cccc(/C=C/CCc2csc(C)n2)c1. The van der Waals surface area contributed by atoms with Crippen molar-refractivity contribution in [2.24, 2.45) is 0 Å². The van der Waals surface area contributed by atoms with Crippen molar-refractivity contribution in [3.8, 4) is 17.1 Å². The first-order valence-electron chi connectivity index (χ1n) is 10.2. The Morgan fingerprint density at radius 3 is 2.43 bits per heavy atom. The van der Waals surface area contributed by atoms with Crippen LogP contribution in [0.3, 0.4) is 0 Å². The Morgan fingerprint density at radius 1 is 0.967 bits per heavy atom. The predicted molar refractivity (Wildman–Crippen MR) is 127 cm³/mol. The van der Waals surface area contributed by atoms with E-state index in [1.807, 2.05) is 57.2 Å². The lowest BCUT2D eigenvalue weighted by Gasteiger charge is -2.09. The maximum absolute atomic E-state index is 5.50. The Labute approximate surface area is 182 Å². The predicted octanol–water partition coefficient (Wildman–Crippen LogP) is 6.74. The Bertz CT molecular complexity index is 1130. The van der Waals surface area contributed by atoms with Gasteiger partial charge in [0, 0.05) is 10.9 Å². The van der Waals surface area contributed by atoms with Crippen molar-refractivity contribution in [1.82, 2.24) is 15.0 Å². The molecule has 0 aliphatic carbocycles. The number of methoxy groups -OCH3 is 1. The van der Waals surface area contributed by atoms with Crippen molar-refractivity contribution >= 4 is 28.4 Å². The first kappa shape index (κ1) is 21.7. The zero-order valence-corrected chi connectivity index (χ0v) is 18.7. The molecule has 2 heterocycles. The average Bonchev–Trinajstić information content (AvgIpc) is 3.22. The smallest absolute Gasteiger partial charge is 0.240 e. The highest BCUT2D eigenvalue weighted by Gasteiger charge is 2.11. The zero-order valence-electron chi connectivity index (χ0n) is 17.9. The summed E-state index contributed by atoms with van der Waals surface area (Å²) in [4.78, 5) is 13.9. The molecule has 2 aromatic heterocycles. The van der Waals surface area contributed by atoms with Gasteiger partial charge in [0.25, 0.3) is 0 Å². The van der Waals surface area contributed by atoms with Crippen molar-refractivity contribution in [3.63, 3.8) is 0 Å². The molecule has 0 saturated heterocycles. The summed E-state index contributed by atoms with van der Waals surface area (Å²) < 4.78 is 5.50. The van der Waals surface area contributed by atoms with Gasteiger partial charge in [0.2, 0.25) is 5.88 Å². The molecule has 0 aliphatic heterocycles. The second-order valence-electron chi connectivity index (χ2n) is 6.49. The molecule has 0 fully saturated rings. The Hall–Kier alpha value is -3.05. The molecule has 4 rings (SSSR count). The summed E-state index contributed by atoms with van der Waals surface area (Å²) in [6, 6.07) is 16.1. The van der Waals surface area contributed by atoms with Crippen LogP contribution in [-0.2, 0) is 6.42 Å². The zero-order chi connectivity index (χ0) is 21.3. The Balaban J connectivity index is 0.00000124. The number of fused-ring (bicyclic) bond motifs is 1. The summed E-state index contributed by atoms with van der Waals surface area (Å²) in [5.74, 6) is 0.540. The highest BCUT2D eigenvalue weighted by atomic mass is 32.1. The molecule has 0 amide bonds. The molecule has 0 aliphatic rings. The Kier molecular flexibility index (Phi) is 7.69. The standard InChI is InChI=1S/C23H21N3OS.C2H6/c1-16-24-19(15-28-16)11-4-3-8-17-9-7-10-18(14-17)22-23(27-2)26-21-13-6-5-12-20(21)25-22;1-2/h3,5-10,12-15H,4,11H2,1-2H3;1-2H3/b8-3+;. The number of hydrogen-bond acceptors (Lipinski definition) is 5. The summed E-state index contributed by atoms with van der Waals surface area (Å²) in [5, 5.41) is 3.26. The third kappa shape index (κ3) is 5.30. The monoisotopic (exact) mass is 417 g/mol. The number of hydrogen-bond donors (Lipinski definition) is 0. The van der Waals surface area contributed by atoms with Crippen LogP contribution in [0, 0.1) is 6.92 Å². The normalized spacial score (nSPS) is 10.8. The lowest BCUT2D eigenvalue weighted by molar-refractivity contribution is 0.400. The fourth-order valence-corrected chi connectivity index (χ4v) is 3.72. The topological polar surface area (TPSA) is 47.9 Å². The van der Waals surface area contributed by atoms with Crippen LogP contribution in [0.2, 0.25) is 0 Å². The van der Waals surface area contributed by atoms with Gasteiger partial charge in [-0.1, -0.05) is 56.3 Å². The van der Waals surface area contributed by atoms with Gasteiger partial charge in [0.1, 0.15) is 5.69 Å². The summed E-state index contributed by atoms with van der Waals surface area (Å²) in [7, 11) is 1.63. The van der Waals surface area contributed by atoms with Crippen LogP contribution in [0.15, 0.2) is 60.0 Å². The number of allylic oxidation sites excluding steroid dienone is 1. The second kappa shape index (κ2) is 10.6. The van der Waals surface area contributed by atoms with Gasteiger partial charge in [0.05, 0.1) is 28.8 Å². The maximum atomic E-state index is 5.50. The average molecular weight is 418 g/mol. The highest BCUT2D eigenvalue weighted by molar-refractivity contribution is 7.09. The van der Waals surface area contributed by atoms with Gasteiger partial charge in [0.15, 0.2) is 0 Å². The van der Waals surface area contributed by atoms with E-state index in [-0.39, 0.29) is 0 Å². The first-order valence-corrected chi connectivity index (χ1v) is 11.1. The molecule has 0 unspecified atom stereocenters. The van der Waals surface area contributed by atoms with E-state index in [0.29, 0.717) is 5.88 Å². The van der Waals surface area contributed by atoms with Crippen LogP contribution in [0.25, 0.3) is 28.4 Å². The van der Waals surface area contributed by atoms with E-state index in [4.69, 9.17) is 9.72 Å². The molecule has 0 N–H and O–H groups in total. The number of nitrogens with zero attached hydrogens (tertiary/aromatic N) is 3. The number of rotatable bonds is 6. The van der Waals surface area contributed by atoms with Crippen molar-refractivity contribution in [2.45, 2.75) is 33.6 Å². The largest absolute Gasteiger partial charge is 0.479 e. The summed E-state index contributed by atoms with van der Waals surface area (Å²) in [6.45, 7) is 6.04. The van der Waals surface area contributed by atoms with Crippen LogP contribution < -0.4 is 4.74 Å². The number of aryl methyl sites for hydroxylation is 2. The molecule has 4 aromatic rings. The molecule has 4 nitrogen and oxygen atoms in total. The lowest BCUT2D eigenvalue weighted by atomic mass is 10.1. The fraction of sp³-hybridized carbons (Fsp3) is 0.240. The van der Waals surface area contributed by atoms with E-state index in [0.717, 1.165) is 51.4 Å².